The average molecular weight is 794 g/mol. The van der Waals surface area contributed by atoms with Crippen LogP contribution in [-0.2, 0) is 24.3 Å². The number of nitrogens with two attached hydrogens (primary N) is 1. The number of nitrogens with one attached hydrogen (secondary N) is 2. The van der Waals surface area contributed by atoms with Crippen molar-refractivity contribution >= 4 is 86.8 Å². The molecule has 2 aliphatic rings. The number of nitrogens with zero attached hydrogens (tertiary/aromatic N) is 6. The molecule has 16 heteroatoms. The molecule has 0 radical (unpaired) electrons. The number of H-pyrrole nitrogens is 1. The number of hydrogen-bond donors (Lipinski definition) is 3. The molecule has 2 aromatic carbocycles. The van der Waals surface area contributed by atoms with Crippen LogP contribution in [0.5, 0.6) is 5.88 Å². The van der Waals surface area contributed by atoms with Crippen LogP contribution in [0.25, 0.3) is 20.9 Å². The van der Waals surface area contributed by atoms with Crippen molar-refractivity contribution in [3.63, 3.8) is 0 Å². The first-order valence-electron chi connectivity index (χ1n) is 17.5. The number of anilines is 3. The molecule has 0 aliphatic carbocycles. The number of carbonyl (C=O) groups is 1. The van der Waals surface area contributed by atoms with E-state index in [2.05, 4.69) is 97.7 Å². The number of ether oxygens (including phenoxy) is 2. The number of imidazole rings is 1. The number of aromatic amines is 1. The van der Waals surface area contributed by atoms with Gasteiger partial charge >= 0.3 is 6.09 Å². The van der Waals surface area contributed by atoms with Gasteiger partial charge in [0.2, 0.25) is 11.8 Å². The van der Waals surface area contributed by atoms with Crippen molar-refractivity contribution in [3.05, 3.63) is 83.0 Å². The predicted molar refractivity (Wildman–Crippen MR) is 220 cm³/mol. The minimum atomic E-state index is -1.89. The zero-order valence-electron chi connectivity index (χ0n) is 30.3. The Kier molecular flexibility index (Phi) is 9.73. The lowest BCUT2D eigenvalue weighted by Crippen LogP contribution is -2.48. The second-order valence-electron chi connectivity index (χ2n) is 13.9. The van der Waals surface area contributed by atoms with Crippen LogP contribution in [0.15, 0.2) is 71.9 Å². The number of amides is 1. The topological polar surface area (TPSA) is 158 Å². The van der Waals surface area contributed by atoms with E-state index in [4.69, 9.17) is 15.2 Å². The number of alkyl carbamates (subject to hydrolysis) is 1. The molecular formula is C38H39N9O3S3Si. The predicted octanol–water partition coefficient (Wildman–Crippen LogP) is 6.05. The lowest BCUT2D eigenvalue weighted by atomic mass is 10.1. The Morgan fingerprint density at radius 3 is 2.67 bits per heavy atom. The summed E-state index contributed by atoms with van der Waals surface area (Å²) >= 11 is 5.47. The number of hydrogen-bond acceptors (Lipinski definition) is 13. The highest BCUT2D eigenvalue weighted by Crippen LogP contribution is 2.47. The molecule has 4 aromatic heterocycles. The van der Waals surface area contributed by atoms with Crippen LogP contribution in [0.1, 0.15) is 16.0 Å². The van der Waals surface area contributed by atoms with Crippen molar-refractivity contribution in [1.29, 1.82) is 5.26 Å². The van der Waals surface area contributed by atoms with Crippen LogP contribution in [0.4, 0.5) is 21.4 Å². The van der Waals surface area contributed by atoms with E-state index < -0.39 is 14.2 Å². The third-order valence-electron chi connectivity index (χ3n) is 10.0. The zero-order chi connectivity index (χ0) is 37.6. The number of thiophene rings is 2. The Bertz CT molecular complexity index is 2390. The van der Waals surface area contributed by atoms with E-state index in [9.17, 15) is 10.1 Å². The van der Waals surface area contributed by atoms with Gasteiger partial charge in [0.1, 0.15) is 26.8 Å². The number of nitriles is 1. The normalized spacial score (nSPS) is 15.7. The van der Waals surface area contributed by atoms with E-state index in [0.717, 1.165) is 17.5 Å². The molecule has 0 bridgehead atoms. The van der Waals surface area contributed by atoms with Gasteiger partial charge in [-0.3, -0.25) is 0 Å². The molecule has 4 N–H and O–H groups in total. The van der Waals surface area contributed by atoms with Crippen molar-refractivity contribution in [2.75, 3.05) is 42.8 Å². The Labute approximate surface area is 326 Å². The molecule has 2 unspecified atom stereocenters. The van der Waals surface area contributed by atoms with Gasteiger partial charge in [-0.25, -0.2) is 9.78 Å². The molecule has 6 aromatic rings. The van der Waals surface area contributed by atoms with Gasteiger partial charge < -0.3 is 35.3 Å². The minimum absolute atomic E-state index is 0.0954. The quantitative estimate of drug-likeness (QED) is 0.124. The molecule has 1 amide bonds. The van der Waals surface area contributed by atoms with Crippen molar-refractivity contribution < 1.29 is 14.3 Å². The summed E-state index contributed by atoms with van der Waals surface area (Å²) in [5.74, 6) is 0.322. The number of carbonyl (C=O) groups excluding carboxylic acids is 1. The van der Waals surface area contributed by atoms with Gasteiger partial charge in [-0.2, -0.15) is 15.2 Å². The molecule has 276 valence electrons. The SMILES string of the molecule is CN(CCOC(=O)NCc1ccc(COc2nc(N)nc3nc[nH]c23)cc1)c1cc2c(s1)-c1sc(CC(C#N)C3Sc4ccccc4N3C)cc1[Si]2(C)C. The highest BCUT2D eigenvalue weighted by molar-refractivity contribution is 8.00. The van der Waals surface area contributed by atoms with Gasteiger partial charge in [-0.05, 0) is 45.8 Å². The van der Waals surface area contributed by atoms with E-state index in [-0.39, 0.29) is 30.5 Å². The third kappa shape index (κ3) is 6.88. The molecule has 0 spiro atoms. The molecule has 0 fully saturated rings. The molecule has 12 nitrogen and oxygen atoms in total. The summed E-state index contributed by atoms with van der Waals surface area (Å²) in [6, 6.07) is 23.5. The molecule has 8 rings (SSSR count). The van der Waals surface area contributed by atoms with E-state index in [1.807, 2.05) is 54.0 Å². The number of nitrogen functional groups attached to an aromatic ring is 1. The minimum Gasteiger partial charge on any atom is -0.471 e. The summed E-state index contributed by atoms with van der Waals surface area (Å²) in [6.45, 7) is 6.32. The first kappa shape index (κ1) is 35.9. The molecule has 2 atom stereocenters. The van der Waals surface area contributed by atoms with E-state index >= 15 is 0 Å². The maximum absolute atomic E-state index is 12.6. The van der Waals surface area contributed by atoms with Gasteiger partial charge in [0.15, 0.2) is 5.65 Å². The van der Waals surface area contributed by atoms with Gasteiger partial charge in [0, 0.05) is 46.6 Å². The summed E-state index contributed by atoms with van der Waals surface area (Å²) in [5, 5.41) is 17.3. The highest BCUT2D eigenvalue weighted by atomic mass is 32.2. The Balaban J connectivity index is 0.819. The summed E-state index contributed by atoms with van der Waals surface area (Å²) in [6.07, 6.45) is 1.81. The van der Waals surface area contributed by atoms with Crippen molar-refractivity contribution in [1.82, 2.24) is 25.3 Å². The lowest BCUT2D eigenvalue weighted by molar-refractivity contribution is 0.148. The number of likely N-dealkylation sites (N-methyl/N-ethyl adjacent to an activating group) is 1. The Morgan fingerprint density at radius 2 is 1.87 bits per heavy atom. The van der Waals surface area contributed by atoms with Crippen LogP contribution in [0.2, 0.25) is 13.1 Å². The first-order chi connectivity index (χ1) is 26.1. The van der Waals surface area contributed by atoms with Crippen LogP contribution in [-0.4, -0.2) is 66.7 Å². The van der Waals surface area contributed by atoms with Gasteiger partial charge in [0.05, 0.1) is 40.9 Å². The first-order valence-corrected chi connectivity index (χ1v) is 23.0. The number of fused-ring (bicyclic) bond motifs is 5. The highest BCUT2D eigenvalue weighted by Gasteiger charge is 2.42. The van der Waals surface area contributed by atoms with Crippen LogP contribution < -0.4 is 36.0 Å². The Morgan fingerprint density at radius 1 is 1.11 bits per heavy atom. The second kappa shape index (κ2) is 14.6. The van der Waals surface area contributed by atoms with Crippen molar-refractivity contribution in [2.24, 2.45) is 5.92 Å². The molecular weight excluding hydrogens is 755 g/mol. The van der Waals surface area contributed by atoms with Gasteiger partial charge in [-0.1, -0.05) is 61.3 Å². The molecule has 2 aliphatic heterocycles. The maximum Gasteiger partial charge on any atom is 0.407 e. The number of para-hydroxylation sites is 1. The van der Waals surface area contributed by atoms with Gasteiger partial charge in [-0.15, -0.1) is 22.7 Å². The molecule has 6 heterocycles. The van der Waals surface area contributed by atoms with Crippen LogP contribution in [0.3, 0.4) is 0 Å². The summed E-state index contributed by atoms with van der Waals surface area (Å²) < 4.78 is 11.4. The van der Waals surface area contributed by atoms with E-state index in [0.29, 0.717) is 30.1 Å². The fraction of sp³-hybridized carbons (Fsp3) is 0.289. The van der Waals surface area contributed by atoms with E-state index in [1.165, 1.54) is 46.9 Å². The monoisotopic (exact) mass is 793 g/mol. The van der Waals surface area contributed by atoms with Crippen LogP contribution >= 0.6 is 34.4 Å². The third-order valence-corrected chi connectivity index (χ3v) is 17.9. The van der Waals surface area contributed by atoms with Crippen LogP contribution in [0, 0.1) is 17.2 Å². The second-order valence-corrected chi connectivity index (χ2v) is 21.6. The average Bonchev–Trinajstić information content (AvgIpc) is 3.99. The number of aromatic nitrogens is 4. The summed E-state index contributed by atoms with van der Waals surface area (Å²) in [4.78, 5) is 37.6. The number of thioether (sulfide) groups is 1. The standard InChI is InChI=1S/C38H39N9O3S3Si/c1-46(13-14-49-38(48)41-19-22-9-11-23(12-10-22)20-50-35-31-34(43-21-42-31)44-37(40)45-35)30-17-29-33(53-30)32-28(54(29,3)4)16-25(51-32)15-24(18-39)36-47(2)26-7-5-6-8-27(26)52-36/h5-12,16-17,21,24,36H,13-15,19-20H2,1-4H3,(H,41,48)(H3,40,42,43,44,45). The van der Waals surface area contributed by atoms with Crippen molar-refractivity contribution in [2.45, 2.75) is 42.9 Å². The van der Waals surface area contributed by atoms with Gasteiger partial charge in [0.25, 0.3) is 0 Å². The molecule has 0 saturated carbocycles. The van der Waals surface area contributed by atoms with E-state index in [1.54, 1.807) is 11.8 Å². The largest absolute Gasteiger partial charge is 0.471 e. The lowest BCUT2D eigenvalue weighted by Gasteiger charge is -2.25. The summed E-state index contributed by atoms with van der Waals surface area (Å²) in [5.41, 5.74) is 9.88. The molecule has 54 heavy (non-hydrogen) atoms. The fourth-order valence-electron chi connectivity index (χ4n) is 6.94. The number of benzene rings is 2. The maximum atomic E-state index is 12.6. The summed E-state index contributed by atoms with van der Waals surface area (Å²) in [7, 11) is 2.26. The Hall–Kier alpha value is -5.08. The zero-order valence-corrected chi connectivity index (χ0v) is 33.7. The number of rotatable bonds is 12. The fourth-order valence-corrected chi connectivity index (χ4v) is 15.5. The molecule has 0 saturated heterocycles. The van der Waals surface area contributed by atoms with Crippen molar-refractivity contribution in [3.8, 4) is 21.7 Å². The smallest absolute Gasteiger partial charge is 0.407 e.